The van der Waals surface area contributed by atoms with E-state index in [0.29, 0.717) is 48.5 Å². The second-order valence-electron chi connectivity index (χ2n) is 8.47. The average molecular weight is 507 g/mol. The molecule has 0 saturated carbocycles. The first-order valence-electron chi connectivity index (χ1n) is 11.9. The summed E-state index contributed by atoms with van der Waals surface area (Å²) in [6.07, 6.45) is 0.611. The summed E-state index contributed by atoms with van der Waals surface area (Å²) < 4.78 is 22.0. The fourth-order valence-electron chi connectivity index (χ4n) is 4.69. The van der Waals surface area contributed by atoms with E-state index in [2.05, 4.69) is 5.32 Å². The summed E-state index contributed by atoms with van der Waals surface area (Å²) in [5.74, 6) is -0.936. The summed E-state index contributed by atoms with van der Waals surface area (Å²) in [6, 6.07) is 2.23. The van der Waals surface area contributed by atoms with Crippen LogP contribution in [0.3, 0.4) is 0 Å². The fourth-order valence-corrected chi connectivity index (χ4v) is 4.69. The Morgan fingerprint density at radius 3 is 2.69 bits per heavy atom. The molecule has 3 N–H and O–H groups in total. The van der Waals surface area contributed by atoms with Crippen molar-refractivity contribution in [2.45, 2.75) is 37.5 Å². The molecule has 1 aliphatic carbocycles. The number of hydrogen-bond donors (Lipinski definition) is 3. The molecule has 4 atom stereocenters. The van der Waals surface area contributed by atoms with Crippen molar-refractivity contribution in [2.24, 2.45) is 0 Å². The van der Waals surface area contributed by atoms with Gasteiger partial charge in [0.2, 0.25) is 11.8 Å². The lowest BCUT2D eigenvalue weighted by molar-refractivity contribution is -0.141. The molecule has 0 unspecified atom stereocenters. The van der Waals surface area contributed by atoms with Crippen LogP contribution in [0.1, 0.15) is 35.2 Å². The van der Waals surface area contributed by atoms with E-state index in [4.69, 9.17) is 18.9 Å². The van der Waals surface area contributed by atoms with Gasteiger partial charge in [0.1, 0.15) is 25.1 Å². The quantitative estimate of drug-likeness (QED) is 0.249. The van der Waals surface area contributed by atoms with Crippen molar-refractivity contribution < 1.29 is 43.5 Å². The minimum atomic E-state index is -1.20. The summed E-state index contributed by atoms with van der Waals surface area (Å²) in [6.45, 7) is 2.64. The Labute approximate surface area is 210 Å². The van der Waals surface area contributed by atoms with Crippen LogP contribution in [0.15, 0.2) is 23.8 Å². The van der Waals surface area contributed by atoms with Crippen LogP contribution in [0.2, 0.25) is 0 Å². The normalized spacial score (nSPS) is 22.1. The SMILES string of the molecule is CCOCCCN(C(=O)COC)[C@@H]1C=C(C(=O)NCCO)[C@@H]2c3cc(C=O)cc(OC)c3O[C@@H]2[C@H]1O. The highest BCUT2D eigenvalue weighted by Crippen LogP contribution is 2.51. The Kier molecular flexibility index (Phi) is 9.82. The van der Waals surface area contributed by atoms with Crippen LogP contribution in [0.4, 0.5) is 0 Å². The highest BCUT2D eigenvalue weighted by molar-refractivity contribution is 5.96. The lowest BCUT2D eigenvalue weighted by atomic mass is 9.77. The monoisotopic (exact) mass is 506 g/mol. The van der Waals surface area contributed by atoms with Crippen LogP contribution in [-0.4, -0.2) is 105 Å². The smallest absolute Gasteiger partial charge is 0.249 e. The molecule has 2 amide bonds. The molecular formula is C25H34N2O9. The molecule has 11 nitrogen and oxygen atoms in total. The van der Waals surface area contributed by atoms with Crippen molar-refractivity contribution in [3.05, 3.63) is 34.9 Å². The zero-order chi connectivity index (χ0) is 26.2. The molecule has 1 aliphatic heterocycles. The van der Waals surface area contributed by atoms with Crippen molar-refractivity contribution in [1.82, 2.24) is 10.2 Å². The Balaban J connectivity index is 2.07. The van der Waals surface area contributed by atoms with Crippen LogP contribution in [0.25, 0.3) is 0 Å². The van der Waals surface area contributed by atoms with E-state index in [0.717, 1.165) is 0 Å². The molecule has 2 aliphatic rings. The molecule has 0 radical (unpaired) electrons. The van der Waals surface area contributed by atoms with Crippen molar-refractivity contribution in [1.29, 1.82) is 0 Å². The van der Waals surface area contributed by atoms with Gasteiger partial charge < -0.3 is 39.4 Å². The molecule has 1 heterocycles. The van der Waals surface area contributed by atoms with E-state index in [1.54, 1.807) is 12.1 Å². The van der Waals surface area contributed by atoms with E-state index in [1.165, 1.54) is 25.2 Å². The third-order valence-electron chi connectivity index (χ3n) is 6.25. The molecule has 0 spiro atoms. The van der Waals surface area contributed by atoms with Crippen LogP contribution < -0.4 is 14.8 Å². The molecule has 11 heteroatoms. The molecular weight excluding hydrogens is 472 g/mol. The number of ether oxygens (including phenoxy) is 4. The number of nitrogens with zero attached hydrogens (tertiary/aromatic N) is 1. The average Bonchev–Trinajstić information content (AvgIpc) is 3.27. The number of amides is 2. The molecule has 0 bridgehead atoms. The number of aliphatic hydroxyl groups is 2. The van der Waals surface area contributed by atoms with Gasteiger partial charge in [0.15, 0.2) is 11.5 Å². The number of rotatable bonds is 13. The van der Waals surface area contributed by atoms with Crippen molar-refractivity contribution >= 4 is 18.1 Å². The first-order chi connectivity index (χ1) is 17.4. The number of aldehydes is 1. The van der Waals surface area contributed by atoms with Crippen molar-refractivity contribution in [2.75, 3.05) is 53.7 Å². The topological polar surface area (TPSA) is 144 Å². The molecule has 36 heavy (non-hydrogen) atoms. The number of methoxy groups -OCH3 is 2. The third kappa shape index (κ3) is 5.70. The van der Waals surface area contributed by atoms with E-state index < -0.39 is 30.1 Å². The van der Waals surface area contributed by atoms with Crippen LogP contribution in [-0.2, 0) is 19.1 Å². The summed E-state index contributed by atoms with van der Waals surface area (Å²) in [5, 5.41) is 23.3. The maximum atomic E-state index is 13.2. The summed E-state index contributed by atoms with van der Waals surface area (Å²) in [7, 11) is 2.84. The number of benzene rings is 1. The number of nitrogens with one attached hydrogen (secondary N) is 1. The second kappa shape index (κ2) is 12.8. The van der Waals surface area contributed by atoms with Gasteiger partial charge in [0.25, 0.3) is 0 Å². The van der Waals surface area contributed by atoms with E-state index in [1.807, 2.05) is 6.92 Å². The molecule has 198 valence electrons. The highest BCUT2D eigenvalue weighted by atomic mass is 16.5. The molecule has 1 aromatic rings. The first kappa shape index (κ1) is 27.6. The van der Waals surface area contributed by atoms with Gasteiger partial charge in [-0.3, -0.25) is 14.4 Å². The molecule has 0 saturated heterocycles. The van der Waals surface area contributed by atoms with Gasteiger partial charge >= 0.3 is 0 Å². The molecule has 0 aromatic heterocycles. The number of fused-ring (bicyclic) bond motifs is 3. The predicted octanol–water partition coefficient (Wildman–Crippen LogP) is 0.0319. The van der Waals surface area contributed by atoms with E-state index in [9.17, 15) is 24.6 Å². The Morgan fingerprint density at radius 1 is 1.28 bits per heavy atom. The highest BCUT2D eigenvalue weighted by Gasteiger charge is 2.51. The Bertz CT molecular complexity index is 981. The maximum absolute atomic E-state index is 13.2. The van der Waals surface area contributed by atoms with Gasteiger partial charge in [-0.2, -0.15) is 0 Å². The summed E-state index contributed by atoms with van der Waals surface area (Å²) >= 11 is 0. The summed E-state index contributed by atoms with van der Waals surface area (Å²) in [4.78, 5) is 39.2. The second-order valence-corrected chi connectivity index (χ2v) is 8.47. The van der Waals surface area contributed by atoms with Crippen LogP contribution in [0, 0.1) is 0 Å². The number of hydrogen-bond acceptors (Lipinski definition) is 9. The first-order valence-corrected chi connectivity index (χ1v) is 11.9. The Hall–Kier alpha value is -2.99. The third-order valence-corrected chi connectivity index (χ3v) is 6.25. The minimum Gasteiger partial charge on any atom is -0.493 e. The van der Waals surface area contributed by atoms with Gasteiger partial charge in [0, 0.05) is 50.1 Å². The lowest BCUT2D eigenvalue weighted by Crippen LogP contribution is -2.56. The zero-order valence-corrected chi connectivity index (χ0v) is 20.8. The van der Waals surface area contributed by atoms with Crippen molar-refractivity contribution in [3.8, 4) is 11.5 Å². The standard InChI is InChI=1S/C25H34N2O9/c1-4-35-9-5-7-27(20(30)14-33-2)18-12-17(25(32)26-6-8-28)21-16-10-15(13-29)11-19(34-3)23(16)36-24(21)22(18)31/h10-13,18,21-22,24,28,31H,4-9,14H2,1-3H3,(H,26,32)/t18-,21+,22+,24+/m1/s1. The fraction of sp³-hybridized carbons (Fsp3) is 0.560. The van der Waals surface area contributed by atoms with Crippen LogP contribution >= 0.6 is 0 Å². The van der Waals surface area contributed by atoms with Gasteiger partial charge in [0.05, 0.1) is 25.7 Å². The minimum absolute atomic E-state index is 0.0207. The zero-order valence-electron chi connectivity index (χ0n) is 20.8. The van der Waals surface area contributed by atoms with Gasteiger partial charge in [-0.25, -0.2) is 0 Å². The Morgan fingerprint density at radius 2 is 2.06 bits per heavy atom. The van der Waals surface area contributed by atoms with Crippen molar-refractivity contribution in [3.63, 3.8) is 0 Å². The van der Waals surface area contributed by atoms with E-state index >= 15 is 0 Å². The molecule has 1 aromatic carbocycles. The van der Waals surface area contributed by atoms with Gasteiger partial charge in [-0.1, -0.05) is 0 Å². The van der Waals surface area contributed by atoms with E-state index in [-0.39, 0.29) is 37.8 Å². The number of carbonyl (C=O) groups excluding carboxylic acids is 3. The maximum Gasteiger partial charge on any atom is 0.249 e. The predicted molar refractivity (Wildman–Crippen MR) is 128 cm³/mol. The lowest BCUT2D eigenvalue weighted by Gasteiger charge is -2.40. The van der Waals surface area contributed by atoms with Crippen LogP contribution in [0.5, 0.6) is 11.5 Å². The number of aliphatic hydroxyl groups excluding tert-OH is 2. The summed E-state index contributed by atoms with van der Waals surface area (Å²) in [5.41, 5.74) is 1.11. The van der Waals surface area contributed by atoms with Gasteiger partial charge in [-0.15, -0.1) is 0 Å². The largest absolute Gasteiger partial charge is 0.493 e. The molecule has 3 rings (SSSR count). The number of carbonyl (C=O) groups is 3. The molecule has 0 fully saturated rings. The van der Waals surface area contributed by atoms with Gasteiger partial charge in [-0.05, 0) is 31.6 Å².